The summed E-state index contributed by atoms with van der Waals surface area (Å²) in [5, 5.41) is 16.7. The van der Waals surface area contributed by atoms with Crippen LogP contribution in [0.4, 0.5) is 4.79 Å². The first-order valence-corrected chi connectivity index (χ1v) is 4.55. The molecule has 1 rings (SSSR count). The zero-order valence-corrected chi connectivity index (χ0v) is 8.85. The number of carbonyl (C=O) groups is 2. The molecular formula is C8H12N4O4. The van der Waals surface area contributed by atoms with Gasteiger partial charge in [0.05, 0.1) is 6.54 Å². The zero-order valence-electron chi connectivity index (χ0n) is 8.85. The van der Waals surface area contributed by atoms with Crippen LogP contribution in [0.1, 0.15) is 18.6 Å². The second kappa shape index (κ2) is 5.10. The molecule has 0 unspecified atom stereocenters. The van der Waals surface area contributed by atoms with Gasteiger partial charge in [0.15, 0.2) is 5.82 Å². The number of carbonyl (C=O) groups excluding carboxylic acids is 1. The molecule has 0 aliphatic rings. The van der Waals surface area contributed by atoms with Gasteiger partial charge in [-0.1, -0.05) is 5.16 Å². The number of nitrogens with zero attached hydrogens (tertiary/aromatic N) is 2. The maximum atomic E-state index is 11.2. The number of hydrogen-bond acceptors (Lipinski definition) is 5. The number of aromatic nitrogens is 2. The van der Waals surface area contributed by atoms with E-state index in [1.807, 2.05) is 0 Å². The van der Waals surface area contributed by atoms with Gasteiger partial charge >= 0.3 is 12.0 Å². The highest BCUT2D eigenvalue weighted by atomic mass is 16.5. The maximum Gasteiger partial charge on any atom is 0.325 e. The summed E-state index contributed by atoms with van der Waals surface area (Å²) in [6.45, 7) is 3.07. The summed E-state index contributed by atoms with van der Waals surface area (Å²) in [7, 11) is 0. The van der Waals surface area contributed by atoms with Crippen LogP contribution in [-0.4, -0.2) is 33.3 Å². The van der Waals surface area contributed by atoms with Gasteiger partial charge in [-0.05, 0) is 13.8 Å². The first-order valence-electron chi connectivity index (χ1n) is 4.55. The van der Waals surface area contributed by atoms with Crippen molar-refractivity contribution in [3.05, 3.63) is 11.7 Å². The Kier molecular flexibility index (Phi) is 3.81. The third-order valence-corrected chi connectivity index (χ3v) is 1.69. The number of hydrogen-bond donors (Lipinski definition) is 3. The van der Waals surface area contributed by atoms with Crippen molar-refractivity contribution in [3.63, 3.8) is 0 Å². The van der Waals surface area contributed by atoms with Crippen molar-refractivity contribution in [1.29, 1.82) is 0 Å². The van der Waals surface area contributed by atoms with Crippen LogP contribution in [0, 0.1) is 6.92 Å². The summed E-state index contributed by atoms with van der Waals surface area (Å²) in [4.78, 5) is 25.5. The fraction of sp³-hybridized carbons (Fsp3) is 0.500. The van der Waals surface area contributed by atoms with Crippen molar-refractivity contribution in [2.75, 3.05) is 0 Å². The van der Waals surface area contributed by atoms with Gasteiger partial charge in [0.25, 0.3) is 0 Å². The Labute approximate surface area is 91.0 Å². The van der Waals surface area contributed by atoms with E-state index in [0.717, 1.165) is 0 Å². The zero-order chi connectivity index (χ0) is 12.1. The Morgan fingerprint density at radius 2 is 2.25 bits per heavy atom. The molecule has 1 aromatic heterocycles. The molecule has 0 saturated carbocycles. The molecule has 0 aromatic carbocycles. The molecule has 0 radical (unpaired) electrons. The molecule has 0 spiro atoms. The lowest BCUT2D eigenvalue weighted by atomic mass is 10.3. The van der Waals surface area contributed by atoms with Gasteiger partial charge in [-0.2, -0.15) is 4.98 Å². The third kappa shape index (κ3) is 3.56. The van der Waals surface area contributed by atoms with Crippen LogP contribution in [0.5, 0.6) is 0 Å². The lowest BCUT2D eigenvalue weighted by molar-refractivity contribution is -0.138. The predicted molar refractivity (Wildman–Crippen MR) is 51.5 cm³/mol. The van der Waals surface area contributed by atoms with E-state index in [9.17, 15) is 9.59 Å². The fourth-order valence-electron chi connectivity index (χ4n) is 0.877. The molecule has 1 atom stereocenters. The fourth-order valence-corrected chi connectivity index (χ4v) is 0.877. The predicted octanol–water partition coefficient (Wildman–Crippen LogP) is -0.350. The van der Waals surface area contributed by atoms with Gasteiger partial charge in [-0.25, -0.2) is 4.79 Å². The van der Waals surface area contributed by atoms with Crippen LogP contribution in [0.25, 0.3) is 0 Å². The van der Waals surface area contributed by atoms with Gasteiger partial charge < -0.3 is 20.3 Å². The van der Waals surface area contributed by atoms with Crippen molar-refractivity contribution in [2.24, 2.45) is 0 Å². The maximum absolute atomic E-state index is 11.2. The topological polar surface area (TPSA) is 117 Å². The molecule has 88 valence electrons. The van der Waals surface area contributed by atoms with Crippen LogP contribution >= 0.6 is 0 Å². The smallest absolute Gasteiger partial charge is 0.325 e. The van der Waals surface area contributed by atoms with Crippen molar-refractivity contribution < 1.29 is 19.2 Å². The first-order chi connectivity index (χ1) is 7.49. The summed E-state index contributed by atoms with van der Waals surface area (Å²) in [6, 6.07) is -1.56. The molecule has 16 heavy (non-hydrogen) atoms. The highest BCUT2D eigenvalue weighted by molar-refractivity contribution is 5.81. The minimum absolute atomic E-state index is 0.0546. The van der Waals surface area contributed by atoms with Crippen LogP contribution in [0.2, 0.25) is 0 Å². The van der Waals surface area contributed by atoms with Crippen molar-refractivity contribution in [3.8, 4) is 0 Å². The minimum Gasteiger partial charge on any atom is -0.480 e. The van der Waals surface area contributed by atoms with Crippen LogP contribution in [-0.2, 0) is 11.3 Å². The van der Waals surface area contributed by atoms with E-state index in [-0.39, 0.29) is 12.4 Å². The molecule has 1 aromatic rings. The van der Waals surface area contributed by atoms with E-state index in [4.69, 9.17) is 9.63 Å². The molecule has 1 heterocycles. The van der Waals surface area contributed by atoms with E-state index in [0.29, 0.717) is 5.82 Å². The lowest BCUT2D eigenvalue weighted by Crippen LogP contribution is -2.44. The molecule has 8 heteroatoms. The molecule has 0 fully saturated rings. The van der Waals surface area contributed by atoms with Crippen LogP contribution in [0.15, 0.2) is 4.52 Å². The van der Waals surface area contributed by atoms with Gasteiger partial charge in [-0.15, -0.1) is 0 Å². The molecule has 0 aliphatic carbocycles. The monoisotopic (exact) mass is 228 g/mol. The summed E-state index contributed by atoms with van der Waals surface area (Å²) in [6.07, 6.45) is 0. The van der Waals surface area contributed by atoms with Crippen molar-refractivity contribution in [1.82, 2.24) is 20.8 Å². The number of urea groups is 1. The second-order valence-corrected chi connectivity index (χ2v) is 3.12. The van der Waals surface area contributed by atoms with E-state index >= 15 is 0 Å². The third-order valence-electron chi connectivity index (χ3n) is 1.69. The van der Waals surface area contributed by atoms with Crippen LogP contribution in [0.3, 0.4) is 0 Å². The number of carboxylic acids is 1. The average Bonchev–Trinajstić information content (AvgIpc) is 2.61. The summed E-state index contributed by atoms with van der Waals surface area (Å²) >= 11 is 0. The molecule has 8 nitrogen and oxygen atoms in total. The SMILES string of the molecule is Cc1noc(CNC(=O)N[C@@H](C)C(=O)O)n1. The number of aryl methyl sites for hydroxylation is 1. The molecule has 0 saturated heterocycles. The quantitative estimate of drug-likeness (QED) is 0.648. The van der Waals surface area contributed by atoms with Crippen molar-refractivity contribution >= 4 is 12.0 Å². The summed E-state index contributed by atoms with van der Waals surface area (Å²) < 4.78 is 4.75. The van der Waals surface area contributed by atoms with Crippen molar-refractivity contribution in [2.45, 2.75) is 26.4 Å². The standard InChI is InChI=1S/C8H12N4O4/c1-4(7(13)14)10-8(15)9-3-6-11-5(2)12-16-6/h4H,3H2,1-2H3,(H,13,14)(H2,9,10,15)/t4-/m0/s1. The number of rotatable bonds is 4. The van der Waals surface area contributed by atoms with E-state index < -0.39 is 18.0 Å². The Morgan fingerprint density at radius 3 is 2.75 bits per heavy atom. The van der Waals surface area contributed by atoms with Gasteiger partial charge in [0, 0.05) is 0 Å². The number of nitrogens with one attached hydrogen (secondary N) is 2. The molecule has 3 N–H and O–H groups in total. The Bertz CT molecular complexity index is 389. The molecular weight excluding hydrogens is 216 g/mol. The minimum atomic E-state index is -1.11. The van der Waals surface area contributed by atoms with E-state index in [1.165, 1.54) is 6.92 Å². The number of amides is 2. The Hall–Kier alpha value is -2.12. The Balaban J connectivity index is 2.33. The highest BCUT2D eigenvalue weighted by Gasteiger charge is 2.13. The molecule has 2 amide bonds. The van der Waals surface area contributed by atoms with Gasteiger partial charge in [-0.3, -0.25) is 4.79 Å². The van der Waals surface area contributed by atoms with E-state index in [2.05, 4.69) is 20.8 Å². The van der Waals surface area contributed by atoms with E-state index in [1.54, 1.807) is 6.92 Å². The summed E-state index contributed by atoms with van der Waals surface area (Å²) in [5.74, 6) is -0.379. The van der Waals surface area contributed by atoms with Gasteiger partial charge in [0.2, 0.25) is 5.89 Å². The van der Waals surface area contributed by atoms with Crippen LogP contribution < -0.4 is 10.6 Å². The average molecular weight is 228 g/mol. The highest BCUT2D eigenvalue weighted by Crippen LogP contribution is 1.94. The van der Waals surface area contributed by atoms with Gasteiger partial charge in [0.1, 0.15) is 6.04 Å². The first kappa shape index (κ1) is 12.0. The number of carboxylic acid groups (broad SMARTS) is 1. The lowest BCUT2D eigenvalue weighted by Gasteiger charge is -2.08. The summed E-state index contributed by atoms with van der Waals surface area (Å²) in [5.41, 5.74) is 0. The Morgan fingerprint density at radius 1 is 1.56 bits per heavy atom. The molecule has 0 aliphatic heterocycles. The second-order valence-electron chi connectivity index (χ2n) is 3.12. The largest absolute Gasteiger partial charge is 0.480 e. The number of aliphatic carboxylic acids is 1. The molecule has 0 bridgehead atoms. The normalized spacial score (nSPS) is 11.9.